The standard InChI is InChI=1S/C5H7NO2/c1-3-5(7)6-4(2)8-3/h3H,2H2,1H3,(H,6,7). The summed E-state index contributed by atoms with van der Waals surface area (Å²) in [6.07, 6.45) is -0.359. The highest BCUT2D eigenvalue weighted by Crippen LogP contribution is 2.04. The van der Waals surface area contributed by atoms with Gasteiger partial charge in [0.2, 0.25) is 0 Å². The Balaban J connectivity index is 2.64. The fourth-order valence-electron chi connectivity index (χ4n) is 0.535. The van der Waals surface area contributed by atoms with Crippen molar-refractivity contribution in [3.8, 4) is 0 Å². The molecule has 0 aromatic heterocycles. The second-order valence-corrected chi connectivity index (χ2v) is 1.67. The summed E-state index contributed by atoms with van der Waals surface area (Å²) in [5, 5.41) is 2.41. The van der Waals surface area contributed by atoms with Crippen LogP contribution in [0.1, 0.15) is 6.92 Å². The lowest BCUT2D eigenvalue weighted by atomic mass is 10.4. The molecular weight excluding hydrogens is 106 g/mol. The molecule has 3 heteroatoms. The molecule has 0 spiro atoms. The maximum atomic E-state index is 10.5. The van der Waals surface area contributed by atoms with Gasteiger partial charge in [-0.2, -0.15) is 0 Å². The number of ether oxygens (including phenoxy) is 1. The minimum Gasteiger partial charge on any atom is -0.466 e. The normalized spacial score (nSPS) is 27.4. The molecule has 1 aliphatic rings. The van der Waals surface area contributed by atoms with E-state index >= 15 is 0 Å². The van der Waals surface area contributed by atoms with E-state index in [1.54, 1.807) is 6.92 Å². The van der Waals surface area contributed by atoms with Gasteiger partial charge in [0.25, 0.3) is 5.91 Å². The predicted molar refractivity (Wildman–Crippen MR) is 27.8 cm³/mol. The Morgan fingerprint density at radius 3 is 2.62 bits per heavy atom. The van der Waals surface area contributed by atoms with Crippen LogP contribution in [0.25, 0.3) is 0 Å². The molecule has 3 nitrogen and oxygen atoms in total. The topological polar surface area (TPSA) is 38.3 Å². The summed E-state index contributed by atoms with van der Waals surface area (Å²) >= 11 is 0. The number of hydrogen-bond acceptors (Lipinski definition) is 2. The Morgan fingerprint density at radius 1 is 1.88 bits per heavy atom. The van der Waals surface area contributed by atoms with Crippen molar-refractivity contribution in [3.63, 3.8) is 0 Å². The number of carbonyl (C=O) groups excluding carboxylic acids is 1. The average molecular weight is 113 g/mol. The van der Waals surface area contributed by atoms with Crippen LogP contribution in [0, 0.1) is 0 Å². The van der Waals surface area contributed by atoms with Crippen LogP contribution in [-0.4, -0.2) is 12.0 Å². The number of hydrogen-bond donors (Lipinski definition) is 1. The van der Waals surface area contributed by atoms with E-state index < -0.39 is 0 Å². The first kappa shape index (κ1) is 5.15. The molecule has 0 saturated carbocycles. The van der Waals surface area contributed by atoms with Crippen LogP contribution in [0.3, 0.4) is 0 Å². The fraction of sp³-hybridized carbons (Fsp3) is 0.400. The third-order valence-corrected chi connectivity index (χ3v) is 0.951. The van der Waals surface area contributed by atoms with Crippen molar-refractivity contribution in [1.82, 2.24) is 5.32 Å². The zero-order valence-corrected chi connectivity index (χ0v) is 4.60. The number of carbonyl (C=O) groups is 1. The second kappa shape index (κ2) is 1.51. The summed E-state index contributed by atoms with van der Waals surface area (Å²) in [6.45, 7) is 5.07. The van der Waals surface area contributed by atoms with Gasteiger partial charge in [0.1, 0.15) is 0 Å². The number of amides is 1. The molecule has 0 aromatic carbocycles. The largest absolute Gasteiger partial charge is 0.466 e. The first-order chi connectivity index (χ1) is 3.70. The summed E-state index contributed by atoms with van der Waals surface area (Å²) in [7, 11) is 0. The monoisotopic (exact) mass is 113 g/mol. The Kier molecular flexibility index (Phi) is 0.970. The first-order valence-corrected chi connectivity index (χ1v) is 2.36. The lowest BCUT2D eigenvalue weighted by Crippen LogP contribution is -2.19. The summed E-state index contributed by atoms with van der Waals surface area (Å²) in [5.41, 5.74) is 0. The van der Waals surface area contributed by atoms with Gasteiger partial charge in [-0.15, -0.1) is 0 Å². The molecule has 1 amide bonds. The van der Waals surface area contributed by atoms with Crippen molar-refractivity contribution in [2.75, 3.05) is 0 Å². The highest BCUT2D eigenvalue weighted by Gasteiger charge is 2.22. The van der Waals surface area contributed by atoms with E-state index in [1.165, 1.54) is 0 Å². The molecule has 1 unspecified atom stereocenters. The molecule has 1 rings (SSSR count). The number of nitrogens with one attached hydrogen (secondary N) is 1. The van der Waals surface area contributed by atoms with Gasteiger partial charge in [0.15, 0.2) is 12.0 Å². The lowest BCUT2D eigenvalue weighted by Gasteiger charge is -1.94. The maximum Gasteiger partial charge on any atom is 0.267 e. The van der Waals surface area contributed by atoms with Crippen molar-refractivity contribution in [1.29, 1.82) is 0 Å². The average Bonchev–Trinajstić information content (AvgIpc) is 1.85. The lowest BCUT2D eigenvalue weighted by molar-refractivity contribution is -0.122. The van der Waals surface area contributed by atoms with Gasteiger partial charge in [-0.05, 0) is 13.5 Å². The van der Waals surface area contributed by atoms with Gasteiger partial charge in [-0.25, -0.2) is 0 Å². The predicted octanol–water partition coefficient (Wildman–Crippen LogP) is -0.00750. The van der Waals surface area contributed by atoms with Crippen molar-refractivity contribution in [2.45, 2.75) is 13.0 Å². The quantitative estimate of drug-likeness (QED) is 0.480. The minimum atomic E-state index is -0.359. The first-order valence-electron chi connectivity index (χ1n) is 2.36. The second-order valence-electron chi connectivity index (χ2n) is 1.67. The van der Waals surface area contributed by atoms with E-state index in [9.17, 15) is 4.79 Å². The van der Waals surface area contributed by atoms with E-state index in [0.29, 0.717) is 5.88 Å². The Morgan fingerprint density at radius 2 is 2.50 bits per heavy atom. The van der Waals surface area contributed by atoms with Crippen LogP contribution in [0.2, 0.25) is 0 Å². The van der Waals surface area contributed by atoms with Gasteiger partial charge in [0.05, 0.1) is 0 Å². The van der Waals surface area contributed by atoms with Crippen LogP contribution >= 0.6 is 0 Å². The molecule has 1 N–H and O–H groups in total. The summed E-state index contributed by atoms with van der Waals surface area (Å²) < 4.78 is 4.82. The molecule has 0 aromatic rings. The Hall–Kier alpha value is -0.990. The SMILES string of the molecule is C=C1NC(=O)C(C)O1. The molecule has 0 radical (unpaired) electrons. The molecule has 1 heterocycles. The van der Waals surface area contributed by atoms with E-state index in [1.807, 2.05) is 0 Å². The van der Waals surface area contributed by atoms with E-state index in [0.717, 1.165) is 0 Å². The van der Waals surface area contributed by atoms with Gasteiger partial charge in [0, 0.05) is 0 Å². The third-order valence-electron chi connectivity index (χ3n) is 0.951. The fourth-order valence-corrected chi connectivity index (χ4v) is 0.535. The Bertz CT molecular complexity index is 141. The summed E-state index contributed by atoms with van der Waals surface area (Å²) in [5.74, 6) is 0.234. The van der Waals surface area contributed by atoms with Crippen molar-refractivity contribution >= 4 is 5.91 Å². The molecule has 0 aliphatic carbocycles. The van der Waals surface area contributed by atoms with E-state index in [4.69, 9.17) is 4.74 Å². The van der Waals surface area contributed by atoms with Crippen molar-refractivity contribution in [3.05, 3.63) is 12.5 Å². The van der Waals surface area contributed by atoms with Crippen LogP contribution in [0.15, 0.2) is 12.5 Å². The zero-order valence-electron chi connectivity index (χ0n) is 4.60. The maximum absolute atomic E-state index is 10.5. The van der Waals surface area contributed by atoms with Gasteiger partial charge < -0.3 is 4.74 Å². The smallest absolute Gasteiger partial charge is 0.267 e. The van der Waals surface area contributed by atoms with Crippen LogP contribution < -0.4 is 5.32 Å². The van der Waals surface area contributed by atoms with Crippen LogP contribution in [0.4, 0.5) is 0 Å². The summed E-state index contributed by atoms with van der Waals surface area (Å²) in [6, 6.07) is 0. The molecule has 1 aliphatic heterocycles. The highest BCUT2D eigenvalue weighted by atomic mass is 16.5. The Labute approximate surface area is 47.3 Å². The molecule has 1 saturated heterocycles. The molecular formula is C5H7NO2. The van der Waals surface area contributed by atoms with Crippen LogP contribution in [-0.2, 0) is 9.53 Å². The van der Waals surface area contributed by atoms with Crippen molar-refractivity contribution < 1.29 is 9.53 Å². The van der Waals surface area contributed by atoms with Gasteiger partial charge in [-0.1, -0.05) is 0 Å². The van der Waals surface area contributed by atoms with E-state index in [2.05, 4.69) is 11.9 Å². The minimum absolute atomic E-state index is 0.116. The van der Waals surface area contributed by atoms with E-state index in [-0.39, 0.29) is 12.0 Å². The number of rotatable bonds is 0. The molecule has 1 atom stereocenters. The van der Waals surface area contributed by atoms with Gasteiger partial charge >= 0.3 is 0 Å². The summed E-state index contributed by atoms with van der Waals surface area (Å²) in [4.78, 5) is 10.5. The van der Waals surface area contributed by atoms with Crippen molar-refractivity contribution in [2.24, 2.45) is 0 Å². The molecule has 1 fully saturated rings. The molecule has 44 valence electrons. The zero-order chi connectivity index (χ0) is 6.15. The molecule has 0 bridgehead atoms. The molecule has 8 heavy (non-hydrogen) atoms. The van der Waals surface area contributed by atoms with Gasteiger partial charge in [-0.3, -0.25) is 10.1 Å². The third kappa shape index (κ3) is 0.665. The highest BCUT2D eigenvalue weighted by molar-refractivity contribution is 5.83. The van der Waals surface area contributed by atoms with Crippen LogP contribution in [0.5, 0.6) is 0 Å².